The molecule has 14 heteroatoms. The summed E-state index contributed by atoms with van der Waals surface area (Å²) in [5, 5.41) is 6.73. The van der Waals surface area contributed by atoms with Crippen LogP contribution in [0.15, 0.2) is 46.9 Å². The second kappa shape index (κ2) is 11.0. The van der Waals surface area contributed by atoms with Crippen molar-refractivity contribution in [2.75, 3.05) is 34.7 Å². The number of rotatable bonds is 9. The zero-order valence-electron chi connectivity index (χ0n) is 19.9. The van der Waals surface area contributed by atoms with Gasteiger partial charge in [0.2, 0.25) is 15.9 Å². The Labute approximate surface area is 214 Å². The summed E-state index contributed by atoms with van der Waals surface area (Å²) in [4.78, 5) is 2.06. The molecule has 0 radical (unpaired) electrons. The van der Waals surface area contributed by atoms with Crippen LogP contribution in [0, 0.1) is 5.82 Å². The summed E-state index contributed by atoms with van der Waals surface area (Å²) in [6.45, 7) is 2.73. The van der Waals surface area contributed by atoms with Crippen LogP contribution >= 0.6 is 10.6 Å². The minimum atomic E-state index is -3.80. The van der Waals surface area contributed by atoms with Gasteiger partial charge in [0.05, 0.1) is 29.5 Å². The minimum absolute atomic E-state index is 0.0704. The molecule has 1 aliphatic rings. The van der Waals surface area contributed by atoms with Crippen molar-refractivity contribution >= 4 is 26.3 Å². The first-order valence-electron chi connectivity index (χ1n) is 11.4. The highest BCUT2D eigenvalue weighted by Gasteiger charge is 2.25. The fourth-order valence-electron chi connectivity index (χ4n) is 3.90. The van der Waals surface area contributed by atoms with Crippen molar-refractivity contribution in [1.29, 1.82) is 0 Å². The summed E-state index contributed by atoms with van der Waals surface area (Å²) >= 11 is 0. The number of halogens is 3. The topological polar surface area (TPSA) is 120 Å². The lowest BCUT2D eigenvalue weighted by molar-refractivity contribution is 0.116. The van der Waals surface area contributed by atoms with Crippen molar-refractivity contribution in [1.82, 2.24) is 15.1 Å². The maximum absolute atomic E-state index is 15.0. The van der Waals surface area contributed by atoms with E-state index in [4.69, 9.17) is 4.42 Å². The van der Waals surface area contributed by atoms with E-state index in [9.17, 15) is 26.3 Å². The maximum atomic E-state index is 15.0. The monoisotopic (exact) mass is 560 g/mol. The molecule has 0 unspecified atom stereocenters. The van der Waals surface area contributed by atoms with Gasteiger partial charge >= 0.3 is 6.43 Å². The van der Waals surface area contributed by atoms with Gasteiger partial charge in [0, 0.05) is 30.8 Å². The maximum Gasteiger partial charge on any atom is 0.314 e. The Balaban J connectivity index is 1.56. The molecule has 0 saturated carbocycles. The molecule has 0 aliphatic carbocycles. The SMILES string of the molecule is CCS(=O)(=O)N(Cc1ccc(-c2nnc(C(F)F)o2)cc1F)c1cccc(CN2CCS(O)(O)CC2)c1. The van der Waals surface area contributed by atoms with Gasteiger partial charge in [0.15, 0.2) is 0 Å². The van der Waals surface area contributed by atoms with E-state index in [0.29, 0.717) is 36.8 Å². The average molecular weight is 561 g/mol. The Kier molecular flexibility index (Phi) is 8.14. The number of nitrogens with zero attached hydrogens (tertiary/aromatic N) is 4. The molecule has 202 valence electrons. The Hall–Kier alpha value is -2.65. The minimum Gasteiger partial charge on any atom is -0.415 e. The second-order valence-corrected chi connectivity index (χ2v) is 13.2. The van der Waals surface area contributed by atoms with Gasteiger partial charge in [-0.25, -0.2) is 12.8 Å². The summed E-state index contributed by atoms with van der Waals surface area (Å²) in [5.41, 5.74) is 1.35. The fraction of sp³-hybridized carbons (Fsp3) is 0.391. The van der Waals surface area contributed by atoms with E-state index in [-0.39, 0.29) is 29.3 Å². The molecule has 0 spiro atoms. The number of sulfonamides is 1. The van der Waals surface area contributed by atoms with Gasteiger partial charge < -0.3 is 4.42 Å². The van der Waals surface area contributed by atoms with Gasteiger partial charge in [0.1, 0.15) is 5.82 Å². The molecule has 0 bridgehead atoms. The van der Waals surface area contributed by atoms with Gasteiger partial charge in [-0.2, -0.15) is 19.4 Å². The third kappa shape index (κ3) is 6.62. The van der Waals surface area contributed by atoms with Gasteiger partial charge in [0.25, 0.3) is 5.89 Å². The summed E-state index contributed by atoms with van der Waals surface area (Å²) in [6, 6.07) is 10.7. The van der Waals surface area contributed by atoms with Crippen LogP contribution in [0.25, 0.3) is 11.5 Å². The molecule has 1 fully saturated rings. The average Bonchev–Trinajstić information content (AvgIpc) is 3.35. The summed E-state index contributed by atoms with van der Waals surface area (Å²) in [7, 11) is -6.32. The molecular weight excluding hydrogens is 533 g/mol. The van der Waals surface area contributed by atoms with Crippen LogP contribution in [0.1, 0.15) is 30.4 Å². The van der Waals surface area contributed by atoms with Crippen molar-refractivity contribution in [3.05, 3.63) is 65.3 Å². The smallest absolute Gasteiger partial charge is 0.314 e. The normalized spacial score (nSPS) is 17.2. The van der Waals surface area contributed by atoms with Crippen LogP contribution in [-0.2, 0) is 23.1 Å². The molecular formula is C23H27F3N4O5S2. The molecule has 1 aliphatic heterocycles. The Morgan fingerprint density at radius 2 is 1.86 bits per heavy atom. The quantitative estimate of drug-likeness (QED) is 0.385. The van der Waals surface area contributed by atoms with Gasteiger partial charge in [-0.05, 0) is 36.8 Å². The van der Waals surface area contributed by atoms with E-state index in [1.54, 1.807) is 18.2 Å². The number of hydrogen-bond acceptors (Lipinski definition) is 8. The van der Waals surface area contributed by atoms with Gasteiger partial charge in [-0.3, -0.25) is 18.3 Å². The molecule has 2 N–H and O–H groups in total. The molecule has 3 aromatic rings. The van der Waals surface area contributed by atoms with E-state index in [0.717, 1.165) is 15.9 Å². The lowest BCUT2D eigenvalue weighted by atomic mass is 10.1. The number of alkyl halides is 2. The van der Waals surface area contributed by atoms with E-state index < -0.39 is 38.7 Å². The molecule has 37 heavy (non-hydrogen) atoms. The highest BCUT2D eigenvalue weighted by Crippen LogP contribution is 2.40. The molecule has 4 rings (SSSR count). The largest absolute Gasteiger partial charge is 0.415 e. The lowest BCUT2D eigenvalue weighted by Crippen LogP contribution is -2.37. The van der Waals surface area contributed by atoms with Gasteiger partial charge in [-0.1, -0.05) is 18.2 Å². The second-order valence-electron chi connectivity index (χ2n) is 8.62. The predicted octanol–water partition coefficient (Wildman–Crippen LogP) is 4.74. The van der Waals surface area contributed by atoms with Crippen LogP contribution in [0.3, 0.4) is 0 Å². The number of anilines is 1. The third-order valence-electron chi connectivity index (χ3n) is 6.02. The highest BCUT2D eigenvalue weighted by molar-refractivity contribution is 8.24. The first-order valence-corrected chi connectivity index (χ1v) is 14.9. The molecule has 2 aromatic carbocycles. The zero-order valence-corrected chi connectivity index (χ0v) is 21.6. The van der Waals surface area contributed by atoms with Crippen molar-refractivity contribution in [3.63, 3.8) is 0 Å². The molecule has 0 amide bonds. The van der Waals surface area contributed by atoms with E-state index >= 15 is 4.39 Å². The molecule has 1 saturated heterocycles. The van der Waals surface area contributed by atoms with Crippen LogP contribution in [0.5, 0.6) is 0 Å². The first kappa shape index (κ1) is 27.4. The van der Waals surface area contributed by atoms with Crippen molar-refractivity contribution in [2.45, 2.75) is 26.4 Å². The number of aromatic nitrogens is 2. The predicted molar refractivity (Wildman–Crippen MR) is 135 cm³/mol. The van der Waals surface area contributed by atoms with E-state index in [1.165, 1.54) is 19.1 Å². The van der Waals surface area contributed by atoms with Crippen LogP contribution < -0.4 is 4.31 Å². The van der Waals surface area contributed by atoms with Crippen molar-refractivity contribution in [3.8, 4) is 11.5 Å². The summed E-state index contributed by atoms with van der Waals surface area (Å²) < 4.78 is 92.1. The Morgan fingerprint density at radius 3 is 2.49 bits per heavy atom. The van der Waals surface area contributed by atoms with Crippen molar-refractivity contribution in [2.24, 2.45) is 0 Å². The van der Waals surface area contributed by atoms with E-state index in [2.05, 4.69) is 15.1 Å². The zero-order chi connectivity index (χ0) is 26.8. The Morgan fingerprint density at radius 1 is 1.14 bits per heavy atom. The highest BCUT2D eigenvalue weighted by atomic mass is 32.3. The third-order valence-corrected chi connectivity index (χ3v) is 9.43. The molecule has 0 atom stereocenters. The van der Waals surface area contributed by atoms with Crippen LogP contribution in [0.4, 0.5) is 18.9 Å². The molecule has 2 heterocycles. The fourth-order valence-corrected chi connectivity index (χ4v) is 6.29. The standard InChI is InChI=1S/C23H27F3N4O5S2/c1-2-37(33,34)30(19-5-3-4-16(12-19)14-29-8-10-36(31,32)11-9-29)15-18-7-6-17(13-20(18)24)22-27-28-23(35-22)21(25)26/h3-7,12-13,21,31-32H,2,8-11,14-15H2,1H3. The van der Waals surface area contributed by atoms with Crippen LogP contribution in [-0.4, -0.2) is 63.0 Å². The summed E-state index contributed by atoms with van der Waals surface area (Å²) in [5.74, 6) is -1.52. The number of hydrogen-bond donors (Lipinski definition) is 2. The summed E-state index contributed by atoms with van der Waals surface area (Å²) in [6.07, 6.45) is -2.96. The first-order chi connectivity index (χ1) is 17.5. The Bertz CT molecular complexity index is 1340. The number of benzene rings is 2. The lowest BCUT2D eigenvalue weighted by Gasteiger charge is -2.41. The molecule has 9 nitrogen and oxygen atoms in total. The van der Waals surface area contributed by atoms with Crippen LogP contribution in [0.2, 0.25) is 0 Å². The van der Waals surface area contributed by atoms with E-state index in [1.807, 2.05) is 6.07 Å². The molecule has 1 aromatic heterocycles. The van der Waals surface area contributed by atoms with Crippen molar-refractivity contribution < 1.29 is 35.1 Å². The van der Waals surface area contributed by atoms with Gasteiger partial charge in [-0.15, -0.1) is 10.2 Å².